The highest BCUT2D eigenvalue weighted by molar-refractivity contribution is 5.82. The number of hydrogen-bond acceptors (Lipinski definition) is 4. The Morgan fingerprint density at radius 2 is 2.00 bits per heavy atom. The molecule has 0 amide bonds. The number of anilines is 1. The lowest BCUT2D eigenvalue weighted by Gasteiger charge is -2.32. The molecular formula is C21H23FN4. The number of hydrogen-bond donors (Lipinski definition) is 1. The number of aromatic nitrogens is 2. The number of benzene rings is 1. The highest BCUT2D eigenvalue weighted by atomic mass is 19.1. The fourth-order valence-corrected chi connectivity index (χ4v) is 3.79. The molecule has 0 atom stereocenters. The minimum Gasteiger partial charge on any atom is -0.397 e. The van der Waals surface area contributed by atoms with Crippen molar-refractivity contribution in [2.24, 2.45) is 0 Å². The van der Waals surface area contributed by atoms with Crippen molar-refractivity contribution in [2.75, 3.05) is 18.8 Å². The van der Waals surface area contributed by atoms with E-state index in [1.807, 2.05) is 18.5 Å². The summed E-state index contributed by atoms with van der Waals surface area (Å²) >= 11 is 0. The number of likely N-dealkylation sites (tertiary alicyclic amines) is 1. The molecule has 4 nitrogen and oxygen atoms in total. The average molecular weight is 350 g/mol. The molecule has 134 valence electrons. The van der Waals surface area contributed by atoms with E-state index in [1.165, 1.54) is 23.3 Å². The summed E-state index contributed by atoms with van der Waals surface area (Å²) in [7, 11) is 0. The summed E-state index contributed by atoms with van der Waals surface area (Å²) in [6.45, 7) is 5.11. The molecule has 0 bridgehead atoms. The van der Waals surface area contributed by atoms with Crippen LogP contribution in [-0.2, 0) is 6.54 Å². The smallest absolute Gasteiger partial charge is 0.123 e. The van der Waals surface area contributed by atoms with E-state index in [0.29, 0.717) is 11.6 Å². The van der Waals surface area contributed by atoms with Crippen molar-refractivity contribution in [3.63, 3.8) is 0 Å². The van der Waals surface area contributed by atoms with Crippen LogP contribution in [0.25, 0.3) is 10.9 Å². The number of fused-ring (bicyclic) bond motifs is 1. The number of aryl methyl sites for hydroxylation is 1. The number of nitrogen functional groups attached to an aromatic ring is 1. The zero-order valence-corrected chi connectivity index (χ0v) is 15.0. The van der Waals surface area contributed by atoms with Crippen LogP contribution >= 0.6 is 0 Å². The minimum absolute atomic E-state index is 0.258. The monoisotopic (exact) mass is 350 g/mol. The fourth-order valence-electron chi connectivity index (χ4n) is 3.79. The Balaban J connectivity index is 1.48. The van der Waals surface area contributed by atoms with E-state index in [4.69, 9.17) is 10.7 Å². The molecule has 26 heavy (non-hydrogen) atoms. The van der Waals surface area contributed by atoms with E-state index in [2.05, 4.69) is 22.9 Å². The van der Waals surface area contributed by atoms with E-state index < -0.39 is 0 Å². The summed E-state index contributed by atoms with van der Waals surface area (Å²) in [6.07, 6.45) is 5.85. The topological polar surface area (TPSA) is 55.0 Å². The Morgan fingerprint density at radius 3 is 2.77 bits per heavy atom. The van der Waals surface area contributed by atoms with Gasteiger partial charge in [0.15, 0.2) is 0 Å². The van der Waals surface area contributed by atoms with Crippen LogP contribution in [0.3, 0.4) is 0 Å². The van der Waals surface area contributed by atoms with Crippen molar-refractivity contribution in [1.29, 1.82) is 0 Å². The summed E-state index contributed by atoms with van der Waals surface area (Å²) in [5, 5.41) is 0.761. The van der Waals surface area contributed by atoms with Gasteiger partial charge in [0, 0.05) is 30.2 Å². The van der Waals surface area contributed by atoms with Gasteiger partial charge in [-0.25, -0.2) is 4.39 Å². The largest absolute Gasteiger partial charge is 0.397 e. The standard InChI is InChI=1S/C21H23FN4/c1-14-12-24-7-4-16(14)13-26-8-5-15(6-9-26)21-19(23)11-17-10-18(22)2-3-20(17)25-21/h2-4,7,10-12,15H,5-6,8-9,13,23H2,1H3. The van der Waals surface area contributed by atoms with Gasteiger partial charge in [0.1, 0.15) is 5.82 Å². The maximum atomic E-state index is 13.4. The molecule has 3 aromatic rings. The molecule has 1 saturated heterocycles. The Morgan fingerprint density at radius 1 is 1.19 bits per heavy atom. The van der Waals surface area contributed by atoms with Gasteiger partial charge < -0.3 is 5.73 Å². The number of halogens is 1. The summed E-state index contributed by atoms with van der Waals surface area (Å²) in [5.74, 6) is 0.102. The average Bonchev–Trinajstić information content (AvgIpc) is 2.64. The second-order valence-electron chi connectivity index (χ2n) is 7.15. The minimum atomic E-state index is -0.258. The van der Waals surface area contributed by atoms with Gasteiger partial charge in [-0.2, -0.15) is 0 Å². The van der Waals surface area contributed by atoms with Crippen molar-refractivity contribution in [3.8, 4) is 0 Å². The molecule has 0 spiro atoms. The number of rotatable bonds is 3. The van der Waals surface area contributed by atoms with E-state index in [-0.39, 0.29) is 5.82 Å². The molecule has 0 unspecified atom stereocenters. The van der Waals surface area contributed by atoms with Crippen LogP contribution in [0, 0.1) is 12.7 Å². The highest BCUT2D eigenvalue weighted by Gasteiger charge is 2.24. The quantitative estimate of drug-likeness (QED) is 0.774. The van der Waals surface area contributed by atoms with E-state index in [1.54, 1.807) is 6.07 Å². The van der Waals surface area contributed by atoms with Crippen molar-refractivity contribution in [2.45, 2.75) is 32.2 Å². The fraction of sp³-hybridized carbons (Fsp3) is 0.333. The second-order valence-corrected chi connectivity index (χ2v) is 7.15. The van der Waals surface area contributed by atoms with Crippen LogP contribution in [0.15, 0.2) is 42.7 Å². The SMILES string of the molecule is Cc1cnccc1CN1CCC(c2nc3ccc(F)cc3cc2N)CC1. The van der Waals surface area contributed by atoms with Crippen molar-refractivity contribution in [1.82, 2.24) is 14.9 Å². The molecule has 1 fully saturated rings. The third-order valence-corrected chi connectivity index (χ3v) is 5.34. The van der Waals surface area contributed by atoms with E-state index >= 15 is 0 Å². The summed E-state index contributed by atoms with van der Waals surface area (Å²) in [4.78, 5) is 11.4. The van der Waals surface area contributed by atoms with E-state index in [9.17, 15) is 4.39 Å². The molecule has 2 aromatic heterocycles. The van der Waals surface area contributed by atoms with Gasteiger partial charge >= 0.3 is 0 Å². The lowest BCUT2D eigenvalue weighted by molar-refractivity contribution is 0.203. The van der Waals surface area contributed by atoms with Crippen LogP contribution in [0.5, 0.6) is 0 Å². The number of nitrogens with two attached hydrogens (primary N) is 1. The zero-order chi connectivity index (χ0) is 18.1. The summed E-state index contributed by atoms with van der Waals surface area (Å²) in [6, 6.07) is 8.63. The molecule has 1 aliphatic rings. The first-order valence-electron chi connectivity index (χ1n) is 9.07. The zero-order valence-electron chi connectivity index (χ0n) is 15.0. The normalized spacial score (nSPS) is 16.2. The van der Waals surface area contributed by atoms with Crippen LogP contribution < -0.4 is 5.73 Å². The first-order chi connectivity index (χ1) is 12.6. The third kappa shape index (κ3) is 3.40. The number of pyridine rings is 2. The van der Waals surface area contributed by atoms with Crippen LogP contribution in [0.4, 0.5) is 10.1 Å². The molecule has 0 radical (unpaired) electrons. The first-order valence-corrected chi connectivity index (χ1v) is 9.07. The molecule has 0 saturated carbocycles. The first kappa shape index (κ1) is 16.9. The Hall–Kier alpha value is -2.53. The molecular weight excluding hydrogens is 327 g/mol. The molecule has 5 heteroatoms. The van der Waals surface area contributed by atoms with Gasteiger partial charge in [-0.3, -0.25) is 14.9 Å². The van der Waals surface area contributed by atoms with Crippen molar-refractivity contribution in [3.05, 3.63) is 65.4 Å². The Kier molecular flexibility index (Phi) is 4.55. The van der Waals surface area contributed by atoms with Gasteiger partial charge in [0.05, 0.1) is 16.9 Å². The molecule has 1 aliphatic heterocycles. The predicted molar refractivity (Wildman–Crippen MR) is 102 cm³/mol. The molecule has 2 N–H and O–H groups in total. The third-order valence-electron chi connectivity index (χ3n) is 5.34. The van der Waals surface area contributed by atoms with E-state index in [0.717, 1.165) is 49.1 Å². The molecule has 4 rings (SSSR count). The second kappa shape index (κ2) is 7.00. The molecule has 0 aliphatic carbocycles. The van der Waals surface area contributed by atoms with Crippen LogP contribution in [-0.4, -0.2) is 28.0 Å². The Labute approximate surface area is 152 Å². The Bertz CT molecular complexity index is 932. The van der Waals surface area contributed by atoms with Gasteiger partial charge in [0.25, 0.3) is 0 Å². The molecule has 1 aromatic carbocycles. The van der Waals surface area contributed by atoms with Crippen molar-refractivity contribution < 1.29 is 4.39 Å². The maximum Gasteiger partial charge on any atom is 0.123 e. The predicted octanol–water partition coefficient (Wildman–Crippen LogP) is 4.04. The van der Waals surface area contributed by atoms with Gasteiger partial charge in [-0.05, 0) is 74.3 Å². The number of piperidine rings is 1. The van der Waals surface area contributed by atoms with Gasteiger partial charge in [-0.15, -0.1) is 0 Å². The summed E-state index contributed by atoms with van der Waals surface area (Å²) in [5.41, 5.74) is 11.3. The number of nitrogens with zero attached hydrogens (tertiary/aromatic N) is 3. The van der Waals surface area contributed by atoms with Crippen molar-refractivity contribution >= 4 is 16.6 Å². The molecule has 3 heterocycles. The lowest BCUT2D eigenvalue weighted by Crippen LogP contribution is -2.33. The summed E-state index contributed by atoms with van der Waals surface area (Å²) < 4.78 is 13.4. The van der Waals surface area contributed by atoms with Gasteiger partial charge in [-0.1, -0.05) is 0 Å². The maximum absolute atomic E-state index is 13.4. The highest BCUT2D eigenvalue weighted by Crippen LogP contribution is 2.33. The van der Waals surface area contributed by atoms with Crippen LogP contribution in [0.2, 0.25) is 0 Å². The lowest BCUT2D eigenvalue weighted by atomic mass is 9.91. The van der Waals surface area contributed by atoms with Crippen LogP contribution in [0.1, 0.15) is 35.6 Å². The van der Waals surface area contributed by atoms with Gasteiger partial charge in [0.2, 0.25) is 0 Å².